The molecule has 1 aromatic carbocycles. The average Bonchev–Trinajstić information content (AvgIpc) is 2.84. The van der Waals surface area contributed by atoms with Crippen LogP contribution in [0.25, 0.3) is 0 Å². The number of halogens is 3. The molecule has 0 saturated carbocycles. The van der Waals surface area contributed by atoms with Gasteiger partial charge in [-0.15, -0.1) is 0 Å². The highest BCUT2D eigenvalue weighted by molar-refractivity contribution is 6.01. The van der Waals surface area contributed by atoms with Crippen LogP contribution in [0.15, 0.2) is 12.1 Å². The summed E-state index contributed by atoms with van der Waals surface area (Å²) in [4.78, 5) is 27.8. The normalized spacial score (nSPS) is 19.7. The highest BCUT2D eigenvalue weighted by atomic mass is 19.4. The first kappa shape index (κ1) is 19.3. The van der Waals surface area contributed by atoms with Crippen LogP contribution in [0.3, 0.4) is 0 Å². The van der Waals surface area contributed by atoms with E-state index in [-0.39, 0.29) is 36.5 Å². The van der Waals surface area contributed by atoms with Gasteiger partial charge in [0.15, 0.2) is 0 Å². The monoisotopic (exact) mass is 386 g/mol. The van der Waals surface area contributed by atoms with E-state index >= 15 is 0 Å². The number of methoxy groups -OCH3 is 1. The summed E-state index contributed by atoms with van der Waals surface area (Å²) < 4.78 is 50.8. The molecule has 2 aliphatic rings. The number of ether oxygens (including phenoxy) is 2. The summed E-state index contributed by atoms with van der Waals surface area (Å²) in [6.45, 7) is 5.60. The average molecular weight is 386 g/mol. The first-order valence-corrected chi connectivity index (χ1v) is 8.50. The van der Waals surface area contributed by atoms with Crippen molar-refractivity contribution in [2.24, 2.45) is 0 Å². The second kappa shape index (κ2) is 6.31. The van der Waals surface area contributed by atoms with E-state index in [1.165, 1.54) is 23.0 Å². The van der Waals surface area contributed by atoms with Gasteiger partial charge in [-0.3, -0.25) is 4.79 Å². The fraction of sp³-hybridized carbons (Fsp3) is 0.556. The number of carbonyl (C=O) groups is 2. The van der Waals surface area contributed by atoms with Crippen LogP contribution in [-0.4, -0.2) is 54.1 Å². The number of nitrogens with zero attached hydrogens (tertiary/aromatic N) is 2. The van der Waals surface area contributed by atoms with Gasteiger partial charge in [0.1, 0.15) is 11.4 Å². The van der Waals surface area contributed by atoms with E-state index in [1.807, 2.05) is 0 Å². The van der Waals surface area contributed by atoms with Gasteiger partial charge in [0, 0.05) is 19.6 Å². The van der Waals surface area contributed by atoms with Crippen LogP contribution >= 0.6 is 0 Å². The largest absolute Gasteiger partial charge is 0.497 e. The lowest BCUT2D eigenvalue weighted by Gasteiger charge is -2.38. The van der Waals surface area contributed by atoms with Gasteiger partial charge in [0.25, 0.3) is 5.91 Å². The van der Waals surface area contributed by atoms with Gasteiger partial charge in [-0.1, -0.05) is 0 Å². The summed E-state index contributed by atoms with van der Waals surface area (Å²) in [7, 11) is 1.27. The number of alkyl halides is 3. The molecule has 0 aliphatic carbocycles. The predicted molar refractivity (Wildman–Crippen MR) is 89.6 cm³/mol. The zero-order valence-corrected chi connectivity index (χ0v) is 15.5. The summed E-state index contributed by atoms with van der Waals surface area (Å²) in [5.41, 5.74) is -1.84. The topological polar surface area (TPSA) is 59.1 Å². The number of fused-ring (bicyclic) bond motifs is 3. The number of amides is 2. The van der Waals surface area contributed by atoms with Crippen LogP contribution in [0.4, 0.5) is 18.0 Å². The van der Waals surface area contributed by atoms with Crippen LogP contribution in [-0.2, 0) is 10.9 Å². The second-order valence-electron chi connectivity index (χ2n) is 7.58. The molecule has 2 heterocycles. The van der Waals surface area contributed by atoms with Crippen molar-refractivity contribution in [2.45, 2.75) is 38.6 Å². The molecule has 2 amide bonds. The minimum Gasteiger partial charge on any atom is -0.497 e. The third-order valence-electron chi connectivity index (χ3n) is 4.55. The predicted octanol–water partition coefficient (Wildman–Crippen LogP) is 3.46. The van der Waals surface area contributed by atoms with Crippen LogP contribution in [0, 0.1) is 0 Å². The molecule has 1 atom stereocenters. The molecule has 2 aliphatic heterocycles. The number of carbonyl (C=O) groups excluding carboxylic acids is 2. The first-order valence-electron chi connectivity index (χ1n) is 8.50. The van der Waals surface area contributed by atoms with Crippen molar-refractivity contribution in [3.8, 4) is 5.75 Å². The molecule has 6 nitrogen and oxygen atoms in total. The number of hydrogen-bond acceptors (Lipinski definition) is 4. The molecule has 0 aromatic heterocycles. The second-order valence-corrected chi connectivity index (χ2v) is 7.58. The van der Waals surface area contributed by atoms with Crippen molar-refractivity contribution in [3.63, 3.8) is 0 Å². The maximum Gasteiger partial charge on any atom is 0.417 e. The van der Waals surface area contributed by atoms with E-state index < -0.39 is 35.4 Å². The lowest BCUT2D eigenvalue weighted by atomic mass is 9.97. The van der Waals surface area contributed by atoms with Crippen molar-refractivity contribution >= 4 is 12.0 Å². The molecule has 9 heteroatoms. The summed E-state index contributed by atoms with van der Waals surface area (Å²) in [6, 6.07) is 1.61. The molecule has 1 aromatic rings. The number of piperazine rings is 1. The summed E-state index contributed by atoms with van der Waals surface area (Å²) in [5.74, 6) is -0.654. The third-order valence-corrected chi connectivity index (χ3v) is 4.55. The van der Waals surface area contributed by atoms with Crippen LogP contribution in [0.2, 0.25) is 0 Å². The Morgan fingerprint density at radius 3 is 2.41 bits per heavy atom. The van der Waals surface area contributed by atoms with Crippen LogP contribution < -0.4 is 4.74 Å². The Balaban J connectivity index is 1.98. The highest BCUT2D eigenvalue weighted by Crippen LogP contribution is 2.45. The Labute approximate surface area is 154 Å². The van der Waals surface area contributed by atoms with E-state index in [9.17, 15) is 22.8 Å². The van der Waals surface area contributed by atoms with Crippen molar-refractivity contribution < 1.29 is 32.2 Å². The molecule has 1 saturated heterocycles. The smallest absolute Gasteiger partial charge is 0.417 e. The van der Waals surface area contributed by atoms with Crippen molar-refractivity contribution in [3.05, 3.63) is 28.8 Å². The number of rotatable bonds is 1. The van der Waals surface area contributed by atoms with Crippen molar-refractivity contribution in [1.82, 2.24) is 9.80 Å². The minimum absolute atomic E-state index is 0.0186. The standard InChI is InChI=1S/C18H21F3N2O4/c1-17(2,3)27-16(25)22-5-6-23-13(9-22)11-7-10(26-4)8-12(18(19,20)21)14(11)15(23)24/h7-8,13H,5-6,9H2,1-4H3/t13-/m0/s1. The summed E-state index contributed by atoms with van der Waals surface area (Å²) in [5, 5.41) is 0. The van der Waals surface area contributed by atoms with Gasteiger partial charge in [-0.05, 0) is 38.5 Å². The minimum atomic E-state index is -4.69. The molecule has 3 rings (SSSR count). The molecule has 0 N–H and O–H groups in total. The summed E-state index contributed by atoms with van der Waals surface area (Å²) in [6.07, 6.45) is -5.24. The van der Waals surface area contributed by atoms with Crippen LogP contribution in [0.1, 0.15) is 48.3 Å². The fourth-order valence-corrected chi connectivity index (χ4v) is 3.41. The third kappa shape index (κ3) is 3.54. The number of benzene rings is 1. The van der Waals surface area contributed by atoms with E-state index in [2.05, 4.69) is 0 Å². The Kier molecular flexibility index (Phi) is 4.52. The Morgan fingerprint density at radius 2 is 1.85 bits per heavy atom. The number of hydrogen-bond donors (Lipinski definition) is 0. The highest BCUT2D eigenvalue weighted by Gasteiger charge is 2.47. The Morgan fingerprint density at radius 1 is 1.19 bits per heavy atom. The summed E-state index contributed by atoms with van der Waals surface area (Å²) >= 11 is 0. The van der Waals surface area contributed by atoms with E-state index in [0.717, 1.165) is 6.07 Å². The zero-order chi connectivity index (χ0) is 20.1. The maximum atomic E-state index is 13.5. The van der Waals surface area contributed by atoms with E-state index in [1.54, 1.807) is 20.8 Å². The molecule has 1 fully saturated rings. The molecule has 0 radical (unpaired) electrons. The lowest BCUT2D eigenvalue weighted by Crippen LogP contribution is -2.50. The van der Waals surface area contributed by atoms with Crippen molar-refractivity contribution in [1.29, 1.82) is 0 Å². The zero-order valence-electron chi connectivity index (χ0n) is 15.5. The molecular weight excluding hydrogens is 365 g/mol. The van der Waals surface area contributed by atoms with Gasteiger partial charge in [-0.25, -0.2) is 4.79 Å². The lowest BCUT2D eigenvalue weighted by molar-refractivity contribution is -0.138. The van der Waals surface area contributed by atoms with Gasteiger partial charge >= 0.3 is 12.3 Å². The van der Waals surface area contributed by atoms with Gasteiger partial charge in [0.2, 0.25) is 0 Å². The SMILES string of the molecule is COc1cc2c(c(C(F)(F)F)c1)C(=O)N1CCN(C(=O)OC(C)(C)C)C[C@@H]21. The Hall–Kier alpha value is -2.45. The van der Waals surface area contributed by atoms with E-state index in [4.69, 9.17) is 9.47 Å². The Bertz CT molecular complexity index is 786. The van der Waals surface area contributed by atoms with Gasteiger partial charge < -0.3 is 19.3 Å². The quantitative estimate of drug-likeness (QED) is 0.742. The molecule has 0 unspecified atom stereocenters. The van der Waals surface area contributed by atoms with Gasteiger partial charge in [-0.2, -0.15) is 13.2 Å². The molecule has 0 spiro atoms. The van der Waals surface area contributed by atoms with Crippen molar-refractivity contribution in [2.75, 3.05) is 26.7 Å². The maximum absolute atomic E-state index is 13.5. The fourth-order valence-electron chi connectivity index (χ4n) is 3.41. The molecule has 148 valence electrons. The van der Waals surface area contributed by atoms with E-state index in [0.29, 0.717) is 0 Å². The van der Waals surface area contributed by atoms with Crippen LogP contribution in [0.5, 0.6) is 5.75 Å². The first-order chi connectivity index (χ1) is 12.4. The molecule has 27 heavy (non-hydrogen) atoms. The molecular formula is C18H21F3N2O4. The van der Waals surface area contributed by atoms with Gasteiger partial charge in [0.05, 0.1) is 24.3 Å². The molecule has 0 bridgehead atoms.